The molecule has 200 valence electrons. The minimum Gasteiger partial charge on any atom is -0.453 e. The van der Waals surface area contributed by atoms with E-state index < -0.39 is 12.1 Å². The van der Waals surface area contributed by atoms with Crippen molar-refractivity contribution in [3.63, 3.8) is 0 Å². The number of rotatable bonds is 8. The van der Waals surface area contributed by atoms with Crippen molar-refractivity contribution in [1.82, 2.24) is 30.5 Å². The number of nitrogens with zero attached hydrogens (tertiary/aromatic N) is 5. The number of hydrogen-bond acceptors (Lipinski definition) is 7. The normalized spacial score (nSPS) is 11.4. The van der Waals surface area contributed by atoms with Crippen LogP contribution in [-0.4, -0.2) is 44.3 Å². The highest BCUT2D eigenvalue weighted by Crippen LogP contribution is 2.30. The molecule has 40 heavy (non-hydrogen) atoms. The Morgan fingerprint density at radius 2 is 1.80 bits per heavy atom. The molecule has 5 rings (SSSR count). The third-order valence-electron chi connectivity index (χ3n) is 6.18. The topological polar surface area (TPSA) is 124 Å². The maximum absolute atomic E-state index is 13.2. The Morgan fingerprint density at radius 1 is 1.00 bits per heavy atom. The van der Waals surface area contributed by atoms with Crippen LogP contribution in [0.25, 0.3) is 16.8 Å². The number of anilines is 1. The monoisotopic (exact) mass is 553 g/mol. The molecule has 0 unspecified atom stereocenters. The lowest BCUT2D eigenvalue weighted by Crippen LogP contribution is -2.30. The number of tetrazole rings is 1. The lowest BCUT2D eigenvalue weighted by Gasteiger charge is -2.19. The Balaban J connectivity index is 1.41. The molecule has 0 aliphatic rings. The summed E-state index contributed by atoms with van der Waals surface area (Å²) in [5.74, 6) is -0.271. The van der Waals surface area contributed by atoms with Crippen LogP contribution in [0.5, 0.6) is 0 Å². The fourth-order valence-corrected chi connectivity index (χ4v) is 4.35. The fraction of sp³-hybridized carbons (Fsp3) is 0.103. The number of aromatic nitrogens is 5. The van der Waals surface area contributed by atoms with E-state index in [4.69, 9.17) is 16.6 Å². The van der Waals surface area contributed by atoms with Crippen molar-refractivity contribution in [3.05, 3.63) is 119 Å². The van der Waals surface area contributed by atoms with Gasteiger partial charge < -0.3 is 10.1 Å². The van der Waals surface area contributed by atoms with Crippen LogP contribution < -0.4 is 10.6 Å². The van der Waals surface area contributed by atoms with Gasteiger partial charge in [-0.15, -0.1) is 5.10 Å². The smallest absolute Gasteiger partial charge is 0.411 e. The first-order valence-electron chi connectivity index (χ1n) is 12.3. The van der Waals surface area contributed by atoms with E-state index in [1.165, 1.54) is 13.4 Å². The number of hydrogen-bond donors (Lipinski definition) is 2. The zero-order chi connectivity index (χ0) is 27.9. The Bertz CT molecular complexity index is 1590. The van der Waals surface area contributed by atoms with Crippen LogP contribution in [0.3, 0.4) is 0 Å². The van der Waals surface area contributed by atoms with Crippen LogP contribution >= 0.6 is 11.6 Å². The van der Waals surface area contributed by atoms with Crippen LogP contribution in [0.1, 0.15) is 27.7 Å². The number of amides is 2. The fourth-order valence-electron chi connectivity index (χ4n) is 4.18. The predicted octanol–water partition coefficient (Wildman–Crippen LogP) is 5.27. The standard InChI is InChI=1S/C29H24ClN7O3/c1-40-29(39)33-23-11-7-20(8-12-23)28(38)34-26(15-19-5-3-2-4-6-19)25-13-9-21(17-31-25)24-16-22(30)10-14-27(24)37-18-32-35-36-37/h2-14,16-18,26H,15H2,1H3,(H,33,39)(H,34,38)/t26-/m0/s1. The van der Waals surface area contributed by atoms with Crippen LogP contribution in [0.4, 0.5) is 10.5 Å². The van der Waals surface area contributed by atoms with Gasteiger partial charge in [0.05, 0.1) is 24.5 Å². The molecule has 0 bridgehead atoms. The molecule has 3 aromatic carbocycles. The Labute approximate surface area is 235 Å². The number of nitrogens with one attached hydrogen (secondary N) is 2. The van der Waals surface area contributed by atoms with Gasteiger partial charge in [0.25, 0.3) is 5.91 Å². The van der Waals surface area contributed by atoms with Crippen LogP contribution in [0.15, 0.2) is 97.5 Å². The van der Waals surface area contributed by atoms with E-state index in [-0.39, 0.29) is 5.91 Å². The van der Waals surface area contributed by atoms with E-state index in [0.717, 1.165) is 22.4 Å². The molecule has 0 saturated heterocycles. The van der Waals surface area contributed by atoms with Crippen molar-refractivity contribution in [2.45, 2.75) is 12.5 Å². The second-order valence-corrected chi connectivity index (χ2v) is 9.23. The number of halogens is 1. The first-order chi connectivity index (χ1) is 19.5. The summed E-state index contributed by atoms with van der Waals surface area (Å²) in [5, 5.41) is 17.7. The van der Waals surface area contributed by atoms with Crippen molar-refractivity contribution in [1.29, 1.82) is 0 Å². The summed E-state index contributed by atoms with van der Waals surface area (Å²) in [4.78, 5) is 29.4. The van der Waals surface area contributed by atoms with Crippen molar-refractivity contribution >= 4 is 29.3 Å². The Kier molecular flexibility index (Phi) is 8.07. The maximum atomic E-state index is 13.2. The molecule has 1 atom stereocenters. The highest BCUT2D eigenvalue weighted by Gasteiger charge is 2.19. The molecule has 2 aromatic heterocycles. The quantitative estimate of drug-likeness (QED) is 0.268. The molecule has 2 N–H and O–H groups in total. The highest BCUT2D eigenvalue weighted by molar-refractivity contribution is 6.31. The number of carbonyl (C=O) groups excluding carboxylic acids is 2. The lowest BCUT2D eigenvalue weighted by molar-refractivity contribution is 0.0935. The molecule has 11 heteroatoms. The molecule has 10 nitrogen and oxygen atoms in total. The van der Waals surface area contributed by atoms with Gasteiger partial charge in [-0.2, -0.15) is 4.68 Å². The summed E-state index contributed by atoms with van der Waals surface area (Å²) < 4.78 is 6.16. The SMILES string of the molecule is COC(=O)Nc1ccc(C(=O)N[C@@H](Cc2ccccc2)c2ccc(-c3cc(Cl)ccc3-n3cnnn3)cn2)cc1. The maximum Gasteiger partial charge on any atom is 0.411 e. The summed E-state index contributed by atoms with van der Waals surface area (Å²) in [5.41, 5.74) is 5.07. The largest absolute Gasteiger partial charge is 0.453 e. The van der Waals surface area contributed by atoms with Crippen LogP contribution in [0, 0.1) is 0 Å². The van der Waals surface area contributed by atoms with Gasteiger partial charge in [0, 0.05) is 33.6 Å². The molecule has 0 radical (unpaired) electrons. The third-order valence-corrected chi connectivity index (χ3v) is 6.41. The zero-order valence-corrected chi connectivity index (χ0v) is 22.1. The summed E-state index contributed by atoms with van der Waals surface area (Å²) in [7, 11) is 1.28. The third kappa shape index (κ3) is 6.30. The molecule has 2 amide bonds. The molecule has 2 heterocycles. The average Bonchev–Trinajstić information content (AvgIpc) is 3.53. The molecule has 0 saturated carbocycles. The minimum atomic E-state index is -0.586. The molecular formula is C29H24ClN7O3. The Morgan fingerprint density at radius 3 is 2.48 bits per heavy atom. The van der Waals surface area contributed by atoms with Gasteiger partial charge in [-0.05, 0) is 70.9 Å². The minimum absolute atomic E-state index is 0.271. The summed E-state index contributed by atoms with van der Waals surface area (Å²) in [6.07, 6.45) is 3.20. The second-order valence-electron chi connectivity index (χ2n) is 8.80. The van der Waals surface area contributed by atoms with E-state index in [0.29, 0.717) is 28.4 Å². The number of benzene rings is 3. The molecular weight excluding hydrogens is 530 g/mol. The van der Waals surface area contributed by atoms with Crippen LogP contribution in [0.2, 0.25) is 5.02 Å². The summed E-state index contributed by atoms with van der Waals surface area (Å²) in [6, 6.07) is 25.3. The van der Waals surface area contributed by atoms with Gasteiger partial charge in [0.15, 0.2) is 0 Å². The van der Waals surface area contributed by atoms with E-state index in [1.54, 1.807) is 41.2 Å². The van der Waals surface area contributed by atoms with E-state index in [9.17, 15) is 9.59 Å². The van der Waals surface area contributed by atoms with Gasteiger partial charge in [0.1, 0.15) is 6.33 Å². The number of methoxy groups -OCH3 is 1. The summed E-state index contributed by atoms with van der Waals surface area (Å²) in [6.45, 7) is 0. The second kappa shape index (κ2) is 12.2. The van der Waals surface area contributed by atoms with Crippen molar-refractivity contribution < 1.29 is 14.3 Å². The molecule has 0 aliphatic carbocycles. The van der Waals surface area contributed by atoms with Crippen LogP contribution in [-0.2, 0) is 11.2 Å². The van der Waals surface area contributed by atoms with Crippen molar-refractivity contribution in [2.24, 2.45) is 0 Å². The number of ether oxygens (including phenoxy) is 1. The summed E-state index contributed by atoms with van der Waals surface area (Å²) >= 11 is 6.30. The van der Waals surface area contributed by atoms with Gasteiger partial charge in [0.2, 0.25) is 0 Å². The van der Waals surface area contributed by atoms with Crippen molar-refractivity contribution in [3.8, 4) is 16.8 Å². The molecule has 5 aromatic rings. The highest BCUT2D eigenvalue weighted by atomic mass is 35.5. The zero-order valence-electron chi connectivity index (χ0n) is 21.4. The predicted molar refractivity (Wildman–Crippen MR) is 150 cm³/mol. The molecule has 0 aliphatic heterocycles. The average molecular weight is 554 g/mol. The first-order valence-corrected chi connectivity index (χ1v) is 12.7. The van der Waals surface area contributed by atoms with Gasteiger partial charge in [-0.25, -0.2) is 4.79 Å². The Hall–Kier alpha value is -5.09. The number of carbonyl (C=O) groups is 2. The molecule has 0 spiro atoms. The first kappa shape index (κ1) is 26.5. The van der Waals surface area contributed by atoms with Gasteiger partial charge in [-0.3, -0.25) is 15.1 Å². The van der Waals surface area contributed by atoms with E-state index in [2.05, 4.69) is 30.9 Å². The number of pyridine rings is 1. The molecule has 0 fully saturated rings. The van der Waals surface area contributed by atoms with Gasteiger partial charge >= 0.3 is 6.09 Å². The van der Waals surface area contributed by atoms with E-state index >= 15 is 0 Å². The lowest BCUT2D eigenvalue weighted by atomic mass is 10.00. The van der Waals surface area contributed by atoms with E-state index in [1.807, 2.05) is 54.6 Å². The van der Waals surface area contributed by atoms with Gasteiger partial charge in [-0.1, -0.05) is 48.0 Å². The van der Waals surface area contributed by atoms with Crippen molar-refractivity contribution in [2.75, 3.05) is 12.4 Å².